The van der Waals surface area contributed by atoms with Crippen LogP contribution in [0, 0.1) is 11.3 Å². The maximum absolute atomic E-state index is 12.7. The van der Waals surface area contributed by atoms with Crippen LogP contribution >= 0.6 is 0 Å². The minimum Gasteiger partial charge on any atom is -0.361 e. The van der Waals surface area contributed by atoms with E-state index in [9.17, 15) is 13.5 Å². The molecule has 0 aliphatic carbocycles. The molecular formula is C22H24N4O3S. The van der Waals surface area contributed by atoms with Gasteiger partial charge in [0, 0.05) is 31.2 Å². The molecule has 0 bridgehead atoms. The summed E-state index contributed by atoms with van der Waals surface area (Å²) in [6, 6.07) is 16.0. The van der Waals surface area contributed by atoms with Crippen LogP contribution in [-0.4, -0.2) is 35.5 Å². The fourth-order valence-electron chi connectivity index (χ4n) is 3.79. The van der Waals surface area contributed by atoms with E-state index in [1.165, 1.54) is 0 Å². The van der Waals surface area contributed by atoms with Gasteiger partial charge in [0.1, 0.15) is 0 Å². The molecule has 2 aromatic carbocycles. The van der Waals surface area contributed by atoms with Crippen molar-refractivity contribution in [3.8, 4) is 6.07 Å². The molecule has 0 radical (unpaired) electrons. The summed E-state index contributed by atoms with van der Waals surface area (Å²) in [5, 5.41) is 23.5. The molecule has 3 aromatic rings. The second-order valence-corrected chi connectivity index (χ2v) is 9.41. The average molecular weight is 425 g/mol. The highest BCUT2D eigenvalue weighted by Crippen LogP contribution is 2.22. The van der Waals surface area contributed by atoms with E-state index >= 15 is 0 Å². The summed E-state index contributed by atoms with van der Waals surface area (Å²) < 4.78 is 28.7. The Morgan fingerprint density at radius 3 is 2.50 bits per heavy atom. The summed E-state index contributed by atoms with van der Waals surface area (Å²) in [5.74, 6) is 0. The largest absolute Gasteiger partial charge is 0.361 e. The molecule has 1 saturated heterocycles. The van der Waals surface area contributed by atoms with Gasteiger partial charge in [0.05, 0.1) is 22.0 Å². The van der Waals surface area contributed by atoms with Crippen LogP contribution in [-0.2, 0) is 16.6 Å². The van der Waals surface area contributed by atoms with E-state index in [1.54, 1.807) is 57.5 Å². The summed E-state index contributed by atoms with van der Waals surface area (Å²) in [7, 11) is -3.44. The van der Waals surface area contributed by atoms with Crippen molar-refractivity contribution in [2.45, 2.75) is 37.1 Å². The standard InChI is InChI=1S/C22H24N4O3S/c23-15-18-6-9-21-19(14-18)10-13-26(21)22(27)24-16-17-4-7-20(8-5-17)30(28,29)25-11-2-1-3-12-25/h4-10,13-14,22,24,27H,1-3,11-12,16H2. The summed E-state index contributed by atoms with van der Waals surface area (Å²) in [6.07, 6.45) is 3.70. The highest BCUT2D eigenvalue weighted by Gasteiger charge is 2.25. The predicted molar refractivity (Wildman–Crippen MR) is 114 cm³/mol. The van der Waals surface area contributed by atoms with Crippen LogP contribution in [0.15, 0.2) is 59.6 Å². The first-order valence-electron chi connectivity index (χ1n) is 10.0. The van der Waals surface area contributed by atoms with Crippen LogP contribution in [0.5, 0.6) is 0 Å². The Labute approximate surface area is 176 Å². The van der Waals surface area contributed by atoms with Crippen molar-refractivity contribution in [1.82, 2.24) is 14.2 Å². The Morgan fingerprint density at radius 2 is 1.80 bits per heavy atom. The van der Waals surface area contributed by atoms with E-state index in [4.69, 9.17) is 5.26 Å². The number of benzene rings is 2. The third-order valence-electron chi connectivity index (χ3n) is 5.48. The van der Waals surface area contributed by atoms with Crippen LogP contribution in [0.1, 0.15) is 36.7 Å². The first-order valence-corrected chi connectivity index (χ1v) is 11.4. The Balaban J connectivity index is 1.42. The van der Waals surface area contributed by atoms with Crippen molar-refractivity contribution in [2.75, 3.05) is 13.1 Å². The van der Waals surface area contributed by atoms with Crippen molar-refractivity contribution in [1.29, 1.82) is 5.26 Å². The van der Waals surface area contributed by atoms with E-state index in [2.05, 4.69) is 11.4 Å². The number of sulfonamides is 1. The van der Waals surface area contributed by atoms with Crippen LogP contribution in [0.3, 0.4) is 0 Å². The highest BCUT2D eigenvalue weighted by molar-refractivity contribution is 7.89. The molecular weight excluding hydrogens is 400 g/mol. The number of hydrogen-bond acceptors (Lipinski definition) is 5. The molecule has 1 fully saturated rings. The number of nitriles is 1. The van der Waals surface area contributed by atoms with Crippen molar-refractivity contribution in [2.24, 2.45) is 0 Å². The molecule has 1 aliphatic rings. The molecule has 0 amide bonds. The topological polar surface area (TPSA) is 98.4 Å². The van der Waals surface area contributed by atoms with Gasteiger partial charge in [-0.3, -0.25) is 5.32 Å². The van der Waals surface area contributed by atoms with E-state index in [1.807, 2.05) is 6.07 Å². The van der Waals surface area contributed by atoms with Gasteiger partial charge in [-0.2, -0.15) is 9.57 Å². The first-order chi connectivity index (χ1) is 14.5. The molecule has 7 nitrogen and oxygen atoms in total. The maximum atomic E-state index is 12.7. The smallest absolute Gasteiger partial charge is 0.243 e. The van der Waals surface area contributed by atoms with Gasteiger partial charge in [-0.25, -0.2) is 8.42 Å². The summed E-state index contributed by atoms with van der Waals surface area (Å²) >= 11 is 0. The quantitative estimate of drug-likeness (QED) is 0.593. The van der Waals surface area contributed by atoms with Crippen LogP contribution in [0.4, 0.5) is 0 Å². The zero-order valence-electron chi connectivity index (χ0n) is 16.5. The molecule has 1 atom stereocenters. The van der Waals surface area contributed by atoms with Gasteiger partial charge in [-0.1, -0.05) is 18.6 Å². The molecule has 4 rings (SSSR count). The summed E-state index contributed by atoms with van der Waals surface area (Å²) in [5.41, 5.74) is 2.26. The number of aliphatic hydroxyl groups is 1. The zero-order chi connectivity index (χ0) is 21.1. The Kier molecular flexibility index (Phi) is 5.88. The van der Waals surface area contributed by atoms with E-state index in [0.717, 1.165) is 35.7 Å². The van der Waals surface area contributed by atoms with Crippen molar-refractivity contribution < 1.29 is 13.5 Å². The number of piperidine rings is 1. The van der Waals surface area contributed by atoms with Gasteiger partial charge in [0.15, 0.2) is 6.35 Å². The Morgan fingerprint density at radius 1 is 1.07 bits per heavy atom. The number of aliphatic hydroxyl groups excluding tert-OH is 1. The second kappa shape index (κ2) is 8.58. The maximum Gasteiger partial charge on any atom is 0.243 e. The van der Waals surface area contributed by atoms with Gasteiger partial charge in [-0.15, -0.1) is 0 Å². The minimum absolute atomic E-state index is 0.304. The van der Waals surface area contributed by atoms with E-state index in [-0.39, 0.29) is 0 Å². The number of hydrogen-bond donors (Lipinski definition) is 2. The second-order valence-electron chi connectivity index (χ2n) is 7.47. The predicted octanol–water partition coefficient (Wildman–Crippen LogP) is 2.93. The summed E-state index contributed by atoms with van der Waals surface area (Å²) in [6.45, 7) is 1.54. The molecule has 1 aromatic heterocycles. The lowest BCUT2D eigenvalue weighted by molar-refractivity contribution is 0.0701. The van der Waals surface area contributed by atoms with E-state index in [0.29, 0.717) is 30.1 Å². The average Bonchev–Trinajstić information content (AvgIpc) is 3.21. The van der Waals surface area contributed by atoms with Crippen molar-refractivity contribution in [3.05, 3.63) is 65.9 Å². The number of fused-ring (bicyclic) bond motifs is 1. The number of rotatable bonds is 6. The molecule has 156 valence electrons. The number of nitrogens with one attached hydrogen (secondary N) is 1. The normalized spacial score (nSPS) is 16.4. The summed E-state index contributed by atoms with van der Waals surface area (Å²) in [4.78, 5) is 0.304. The van der Waals surface area contributed by atoms with Crippen LogP contribution in [0.25, 0.3) is 10.9 Å². The lowest BCUT2D eigenvalue weighted by atomic mass is 10.2. The minimum atomic E-state index is -3.44. The number of aromatic nitrogens is 1. The van der Waals surface area contributed by atoms with E-state index < -0.39 is 16.4 Å². The lowest BCUT2D eigenvalue weighted by Crippen LogP contribution is -2.35. The molecule has 1 aliphatic heterocycles. The third-order valence-corrected chi connectivity index (χ3v) is 7.39. The number of nitrogens with zero attached hydrogens (tertiary/aromatic N) is 3. The molecule has 2 N–H and O–H groups in total. The Bertz CT molecular complexity index is 1170. The van der Waals surface area contributed by atoms with Crippen molar-refractivity contribution in [3.63, 3.8) is 0 Å². The molecule has 30 heavy (non-hydrogen) atoms. The third kappa shape index (κ3) is 4.11. The van der Waals surface area contributed by atoms with Crippen molar-refractivity contribution >= 4 is 20.9 Å². The van der Waals surface area contributed by atoms with Gasteiger partial charge in [0.2, 0.25) is 10.0 Å². The lowest BCUT2D eigenvalue weighted by Gasteiger charge is -2.25. The Hall–Kier alpha value is -2.70. The first kappa shape index (κ1) is 20.6. The van der Waals surface area contributed by atoms with Gasteiger partial charge in [-0.05, 0) is 54.8 Å². The fourth-order valence-corrected chi connectivity index (χ4v) is 5.31. The van der Waals surface area contributed by atoms with Gasteiger partial charge >= 0.3 is 0 Å². The zero-order valence-corrected chi connectivity index (χ0v) is 17.3. The van der Waals surface area contributed by atoms with Crippen LogP contribution in [0.2, 0.25) is 0 Å². The monoisotopic (exact) mass is 424 g/mol. The van der Waals surface area contributed by atoms with Gasteiger partial charge < -0.3 is 9.67 Å². The van der Waals surface area contributed by atoms with Gasteiger partial charge in [0.25, 0.3) is 0 Å². The SMILES string of the molecule is N#Cc1ccc2c(ccn2C(O)NCc2ccc(S(=O)(=O)N3CCCCC3)cc2)c1. The highest BCUT2D eigenvalue weighted by atomic mass is 32.2. The van der Waals surface area contributed by atoms with Crippen LogP contribution < -0.4 is 5.32 Å². The molecule has 0 spiro atoms. The molecule has 0 saturated carbocycles. The molecule has 1 unspecified atom stereocenters. The fraction of sp³-hybridized carbons (Fsp3) is 0.318. The molecule has 8 heteroatoms. The molecule has 2 heterocycles.